The molecule has 0 saturated carbocycles. The van der Waals surface area contributed by atoms with E-state index < -0.39 is 17.8 Å². The number of hydrogen-bond acceptors (Lipinski definition) is 5. The second-order valence-electron chi connectivity index (χ2n) is 7.89. The molecule has 0 radical (unpaired) electrons. The third-order valence-corrected chi connectivity index (χ3v) is 5.98. The fraction of sp³-hybridized carbons (Fsp3) is 0.200. The number of cyclic esters (lactones) is 1. The molecular weight excluding hydrogens is 409 g/mol. The van der Waals surface area contributed by atoms with Crippen molar-refractivity contribution in [3.63, 3.8) is 0 Å². The molecule has 0 bridgehead atoms. The SMILES string of the molecule is O=C(Nc1ccc(F)cc1)C1CNCC2C(=O)OC(c3ccccc3)(c3ccccc3)N12. The summed E-state index contributed by atoms with van der Waals surface area (Å²) >= 11 is 0. The van der Waals surface area contributed by atoms with Crippen molar-refractivity contribution in [2.75, 3.05) is 18.4 Å². The minimum Gasteiger partial charge on any atom is -0.434 e. The van der Waals surface area contributed by atoms with Gasteiger partial charge in [0.25, 0.3) is 0 Å². The van der Waals surface area contributed by atoms with Crippen LogP contribution >= 0.6 is 0 Å². The van der Waals surface area contributed by atoms with E-state index in [-0.39, 0.29) is 17.7 Å². The zero-order chi connectivity index (χ0) is 22.1. The van der Waals surface area contributed by atoms with Gasteiger partial charge in [-0.1, -0.05) is 60.7 Å². The molecule has 2 heterocycles. The van der Waals surface area contributed by atoms with Crippen LogP contribution in [0.15, 0.2) is 84.9 Å². The largest absolute Gasteiger partial charge is 0.434 e. The third kappa shape index (κ3) is 3.36. The van der Waals surface area contributed by atoms with Crippen LogP contribution in [0.4, 0.5) is 10.1 Å². The Bertz CT molecular complexity index is 1080. The van der Waals surface area contributed by atoms with Gasteiger partial charge in [0.2, 0.25) is 11.6 Å². The van der Waals surface area contributed by atoms with Gasteiger partial charge in [-0.25, -0.2) is 9.29 Å². The lowest BCUT2D eigenvalue weighted by Gasteiger charge is -2.44. The lowest BCUT2D eigenvalue weighted by molar-refractivity contribution is -0.152. The Hall–Kier alpha value is -3.55. The van der Waals surface area contributed by atoms with Gasteiger partial charge in [0.05, 0.1) is 0 Å². The molecule has 1 amide bonds. The molecule has 7 heteroatoms. The van der Waals surface area contributed by atoms with Crippen molar-refractivity contribution in [3.05, 3.63) is 102 Å². The monoisotopic (exact) mass is 431 g/mol. The fourth-order valence-corrected chi connectivity index (χ4v) is 4.56. The predicted molar refractivity (Wildman–Crippen MR) is 117 cm³/mol. The Balaban J connectivity index is 1.60. The van der Waals surface area contributed by atoms with E-state index in [2.05, 4.69) is 10.6 Å². The number of amides is 1. The maximum atomic E-state index is 13.4. The lowest BCUT2D eigenvalue weighted by Crippen LogP contribution is -2.65. The summed E-state index contributed by atoms with van der Waals surface area (Å²) in [6.45, 7) is 0.710. The second-order valence-corrected chi connectivity index (χ2v) is 7.89. The molecule has 0 aliphatic carbocycles. The summed E-state index contributed by atoms with van der Waals surface area (Å²) in [6, 6.07) is 23.2. The van der Waals surface area contributed by atoms with Crippen molar-refractivity contribution in [2.45, 2.75) is 17.8 Å². The maximum absolute atomic E-state index is 13.4. The number of piperazine rings is 1. The van der Waals surface area contributed by atoms with Crippen LogP contribution in [0, 0.1) is 5.82 Å². The van der Waals surface area contributed by atoms with Gasteiger partial charge in [-0.15, -0.1) is 0 Å². The normalized spacial score (nSPS) is 22.1. The molecule has 32 heavy (non-hydrogen) atoms. The van der Waals surface area contributed by atoms with Crippen LogP contribution < -0.4 is 10.6 Å². The number of fused-ring (bicyclic) bond motifs is 1. The first kappa shape index (κ1) is 20.4. The number of hydrogen-bond donors (Lipinski definition) is 2. The Labute approximate surface area is 185 Å². The summed E-state index contributed by atoms with van der Waals surface area (Å²) in [5.41, 5.74) is 0.777. The van der Waals surface area contributed by atoms with E-state index in [1.165, 1.54) is 24.3 Å². The first-order valence-electron chi connectivity index (χ1n) is 10.5. The molecule has 6 nitrogen and oxygen atoms in total. The summed E-state index contributed by atoms with van der Waals surface area (Å²) in [5, 5.41) is 6.04. The molecule has 2 aliphatic heterocycles. The average Bonchev–Trinajstić information content (AvgIpc) is 3.15. The number of carbonyl (C=O) groups is 2. The molecule has 2 saturated heterocycles. The molecule has 2 unspecified atom stereocenters. The van der Waals surface area contributed by atoms with E-state index in [4.69, 9.17) is 4.74 Å². The molecule has 162 valence electrons. The standard InChI is InChI=1S/C25H22FN3O3/c26-19-11-13-20(14-12-19)28-23(30)21-15-27-16-22-24(31)32-25(29(21)22,17-7-3-1-4-8-17)18-9-5-2-6-10-18/h1-14,21-22,27H,15-16H2,(H,28,30). The van der Waals surface area contributed by atoms with E-state index in [9.17, 15) is 14.0 Å². The number of esters is 1. The van der Waals surface area contributed by atoms with E-state index in [0.29, 0.717) is 18.8 Å². The van der Waals surface area contributed by atoms with Crippen LogP contribution in [0.1, 0.15) is 11.1 Å². The van der Waals surface area contributed by atoms with E-state index in [1.54, 1.807) is 0 Å². The summed E-state index contributed by atoms with van der Waals surface area (Å²) < 4.78 is 19.4. The Morgan fingerprint density at radius 2 is 1.53 bits per heavy atom. The van der Waals surface area contributed by atoms with Gasteiger partial charge in [-0.3, -0.25) is 9.59 Å². The molecule has 0 spiro atoms. The number of nitrogens with zero attached hydrogens (tertiary/aromatic N) is 1. The van der Waals surface area contributed by atoms with Crippen LogP contribution in [0.5, 0.6) is 0 Å². The van der Waals surface area contributed by atoms with Crippen molar-refractivity contribution < 1.29 is 18.7 Å². The Kier molecular flexibility index (Phi) is 5.20. The highest BCUT2D eigenvalue weighted by Gasteiger charge is 2.60. The number of benzene rings is 3. The van der Waals surface area contributed by atoms with E-state index in [0.717, 1.165) is 11.1 Å². The average molecular weight is 431 g/mol. The minimum absolute atomic E-state index is 0.302. The predicted octanol–water partition coefficient (Wildman–Crippen LogP) is 2.86. The van der Waals surface area contributed by atoms with Crippen molar-refractivity contribution >= 4 is 17.6 Å². The number of nitrogens with one attached hydrogen (secondary N) is 2. The number of anilines is 1. The molecule has 0 aromatic heterocycles. The van der Waals surface area contributed by atoms with Crippen LogP contribution in [0.25, 0.3) is 0 Å². The van der Waals surface area contributed by atoms with Crippen LogP contribution in [-0.4, -0.2) is 41.9 Å². The maximum Gasteiger partial charge on any atom is 0.327 e. The Morgan fingerprint density at radius 1 is 0.938 bits per heavy atom. The molecule has 2 aliphatic rings. The number of ether oxygens (including phenoxy) is 1. The smallest absolute Gasteiger partial charge is 0.327 e. The summed E-state index contributed by atoms with van der Waals surface area (Å²) in [5.74, 6) is -1.07. The molecular formula is C25H22FN3O3. The van der Waals surface area contributed by atoms with Gasteiger partial charge in [0, 0.05) is 29.9 Å². The highest BCUT2D eigenvalue weighted by molar-refractivity contribution is 5.96. The molecule has 3 aromatic rings. The van der Waals surface area contributed by atoms with Gasteiger partial charge in [0.1, 0.15) is 17.9 Å². The van der Waals surface area contributed by atoms with Crippen LogP contribution in [0.3, 0.4) is 0 Å². The first-order valence-corrected chi connectivity index (χ1v) is 10.5. The summed E-state index contributed by atoms with van der Waals surface area (Å²) in [4.78, 5) is 28.3. The van der Waals surface area contributed by atoms with Crippen LogP contribution in [0.2, 0.25) is 0 Å². The molecule has 3 aromatic carbocycles. The summed E-state index contributed by atoms with van der Waals surface area (Å²) in [7, 11) is 0. The fourth-order valence-electron chi connectivity index (χ4n) is 4.56. The lowest BCUT2D eigenvalue weighted by atomic mass is 9.90. The number of carbonyl (C=O) groups excluding carboxylic acids is 2. The molecule has 2 atom stereocenters. The highest BCUT2D eigenvalue weighted by atomic mass is 19.1. The zero-order valence-corrected chi connectivity index (χ0v) is 17.2. The van der Waals surface area contributed by atoms with Crippen molar-refractivity contribution in [1.82, 2.24) is 10.2 Å². The molecule has 5 rings (SSSR count). The van der Waals surface area contributed by atoms with Crippen LogP contribution in [-0.2, 0) is 20.1 Å². The minimum atomic E-state index is -1.24. The van der Waals surface area contributed by atoms with Gasteiger partial charge >= 0.3 is 5.97 Å². The molecule has 2 fully saturated rings. The quantitative estimate of drug-likeness (QED) is 0.622. The third-order valence-electron chi connectivity index (χ3n) is 5.98. The molecule has 2 N–H and O–H groups in total. The van der Waals surface area contributed by atoms with Crippen molar-refractivity contribution in [1.29, 1.82) is 0 Å². The van der Waals surface area contributed by atoms with E-state index >= 15 is 0 Å². The Morgan fingerprint density at radius 3 is 2.12 bits per heavy atom. The summed E-state index contributed by atoms with van der Waals surface area (Å²) in [6.07, 6.45) is 0. The number of rotatable bonds is 4. The highest BCUT2D eigenvalue weighted by Crippen LogP contribution is 2.45. The second kappa shape index (κ2) is 8.18. The van der Waals surface area contributed by atoms with Gasteiger partial charge in [0.15, 0.2) is 0 Å². The first-order chi connectivity index (χ1) is 15.6. The van der Waals surface area contributed by atoms with Gasteiger partial charge in [-0.2, -0.15) is 0 Å². The topological polar surface area (TPSA) is 70.7 Å². The van der Waals surface area contributed by atoms with Crippen molar-refractivity contribution in [3.8, 4) is 0 Å². The zero-order valence-electron chi connectivity index (χ0n) is 17.2. The van der Waals surface area contributed by atoms with Gasteiger partial charge in [-0.05, 0) is 24.3 Å². The van der Waals surface area contributed by atoms with E-state index in [1.807, 2.05) is 65.6 Å². The van der Waals surface area contributed by atoms with Gasteiger partial charge < -0.3 is 15.4 Å². The number of halogens is 1. The van der Waals surface area contributed by atoms with Crippen molar-refractivity contribution in [2.24, 2.45) is 0 Å².